The minimum absolute atomic E-state index is 0.0272. The molecule has 5 nitrogen and oxygen atoms in total. The van der Waals surface area contributed by atoms with Crippen molar-refractivity contribution in [2.45, 2.75) is 88.3 Å². The summed E-state index contributed by atoms with van der Waals surface area (Å²) >= 11 is 0. The molecule has 2 bridgehead atoms. The molecule has 1 aromatic carbocycles. The fourth-order valence-electron chi connectivity index (χ4n) is 6.70. The number of aromatic nitrogens is 2. The molecule has 3 heterocycles. The Morgan fingerprint density at radius 3 is 2.58 bits per heavy atom. The third kappa shape index (κ3) is 3.85. The van der Waals surface area contributed by atoms with Gasteiger partial charge in [-0.05, 0) is 61.6 Å². The molecule has 1 N–H and O–H groups in total. The van der Waals surface area contributed by atoms with E-state index in [1.54, 1.807) is 0 Å². The van der Waals surface area contributed by atoms with Gasteiger partial charge in [0.1, 0.15) is 0 Å². The molecule has 1 saturated carbocycles. The van der Waals surface area contributed by atoms with Crippen LogP contribution in [0.2, 0.25) is 0 Å². The average Bonchev–Trinajstić information content (AvgIpc) is 3.39. The zero-order valence-electron chi connectivity index (χ0n) is 19.2. The van der Waals surface area contributed by atoms with Crippen LogP contribution in [0, 0.1) is 17.2 Å². The van der Waals surface area contributed by atoms with Crippen molar-refractivity contribution >= 4 is 11.9 Å². The highest BCUT2D eigenvalue weighted by atomic mass is 16.1. The molecule has 5 heteroatoms. The summed E-state index contributed by atoms with van der Waals surface area (Å²) in [6.45, 7) is 0. The first-order chi connectivity index (χ1) is 16.2. The standard InChI is InChI=1S/C28H32N4O/c29-17-20-4-1-2-5-25(20)32-26-6-3-7-27(33)28(26)24(31-32)14-18-8-10-19(11-9-18)21-15-22-12-13-23(16-21)30-22/h3,6,8-11,20-23,25,30H,1-2,4-5,7,12-16H2/t20-,21?,22-,23+,25+/m1/s1. The fourth-order valence-corrected chi connectivity index (χ4v) is 6.70. The maximum atomic E-state index is 12.9. The van der Waals surface area contributed by atoms with E-state index in [9.17, 15) is 10.1 Å². The van der Waals surface area contributed by atoms with E-state index >= 15 is 0 Å². The van der Waals surface area contributed by atoms with Gasteiger partial charge in [0.15, 0.2) is 5.78 Å². The van der Waals surface area contributed by atoms with Crippen LogP contribution in [0.1, 0.15) is 103 Å². The summed E-state index contributed by atoms with van der Waals surface area (Å²) in [4.78, 5) is 12.9. The van der Waals surface area contributed by atoms with Crippen molar-refractivity contribution < 1.29 is 4.79 Å². The van der Waals surface area contributed by atoms with Crippen molar-refractivity contribution in [2.75, 3.05) is 0 Å². The lowest BCUT2D eigenvalue weighted by Crippen LogP contribution is -2.37. The third-order valence-corrected chi connectivity index (χ3v) is 8.38. The van der Waals surface area contributed by atoms with Crippen molar-refractivity contribution in [1.29, 1.82) is 5.26 Å². The predicted molar refractivity (Wildman–Crippen MR) is 128 cm³/mol. The lowest BCUT2D eigenvalue weighted by Gasteiger charge is -2.29. The van der Waals surface area contributed by atoms with Crippen molar-refractivity contribution in [3.8, 4) is 6.07 Å². The molecule has 1 aromatic heterocycles. The first-order valence-corrected chi connectivity index (χ1v) is 12.7. The van der Waals surface area contributed by atoms with Gasteiger partial charge in [-0.1, -0.05) is 43.2 Å². The van der Waals surface area contributed by atoms with Gasteiger partial charge in [-0.15, -0.1) is 0 Å². The van der Waals surface area contributed by atoms with Crippen LogP contribution < -0.4 is 5.32 Å². The number of hydrogen-bond donors (Lipinski definition) is 1. The fraction of sp³-hybridized carbons (Fsp3) is 0.536. The van der Waals surface area contributed by atoms with Crippen LogP contribution in [0.4, 0.5) is 0 Å². The van der Waals surface area contributed by atoms with E-state index < -0.39 is 0 Å². The van der Waals surface area contributed by atoms with E-state index in [-0.39, 0.29) is 17.7 Å². The summed E-state index contributed by atoms with van der Waals surface area (Å²) < 4.78 is 2.02. The molecule has 2 aliphatic carbocycles. The van der Waals surface area contributed by atoms with Crippen LogP contribution in [0.5, 0.6) is 0 Å². The Labute approximate surface area is 195 Å². The number of hydrogen-bond acceptors (Lipinski definition) is 4. The molecule has 1 unspecified atom stereocenters. The molecular weight excluding hydrogens is 408 g/mol. The number of carbonyl (C=O) groups excluding carboxylic acids is 1. The molecule has 2 saturated heterocycles. The van der Waals surface area contributed by atoms with E-state index in [1.165, 1.54) is 36.8 Å². The summed E-state index contributed by atoms with van der Waals surface area (Å²) in [5.74, 6) is 0.783. The number of nitrogens with one attached hydrogen (secondary N) is 1. The molecule has 170 valence electrons. The van der Waals surface area contributed by atoms with Gasteiger partial charge >= 0.3 is 0 Å². The lowest BCUT2D eigenvalue weighted by molar-refractivity contribution is 0.0993. The zero-order chi connectivity index (χ0) is 22.4. The highest BCUT2D eigenvalue weighted by Crippen LogP contribution is 2.38. The van der Waals surface area contributed by atoms with Gasteiger partial charge in [0.05, 0.1) is 35.0 Å². The maximum Gasteiger partial charge on any atom is 0.170 e. The molecule has 2 aliphatic heterocycles. The van der Waals surface area contributed by atoms with Gasteiger partial charge in [-0.3, -0.25) is 9.48 Å². The van der Waals surface area contributed by atoms with Crippen molar-refractivity contribution in [3.05, 3.63) is 58.4 Å². The quantitative estimate of drug-likeness (QED) is 0.698. The summed E-state index contributed by atoms with van der Waals surface area (Å²) in [5, 5.41) is 18.4. The Bertz CT molecular complexity index is 1110. The molecule has 0 amide bonds. The van der Waals surface area contributed by atoms with Crippen LogP contribution >= 0.6 is 0 Å². The van der Waals surface area contributed by atoms with Crippen molar-refractivity contribution in [3.63, 3.8) is 0 Å². The highest BCUT2D eigenvalue weighted by molar-refractivity contribution is 6.03. The van der Waals surface area contributed by atoms with Gasteiger partial charge in [-0.25, -0.2) is 0 Å². The van der Waals surface area contributed by atoms with Crippen LogP contribution in [0.3, 0.4) is 0 Å². The lowest BCUT2D eigenvalue weighted by atomic mass is 9.85. The number of benzene rings is 1. The summed E-state index contributed by atoms with van der Waals surface area (Å²) in [5.41, 5.74) is 5.21. The first-order valence-electron chi connectivity index (χ1n) is 12.7. The zero-order valence-corrected chi connectivity index (χ0v) is 19.2. The second-order valence-electron chi connectivity index (χ2n) is 10.5. The summed E-state index contributed by atoms with van der Waals surface area (Å²) in [6.07, 6.45) is 14.3. The number of Topliss-reactive ketones (excluding diaryl/α,β-unsaturated/α-hetero) is 1. The molecule has 4 aliphatic rings. The molecule has 0 radical (unpaired) electrons. The Morgan fingerprint density at radius 2 is 1.82 bits per heavy atom. The Balaban J connectivity index is 1.27. The van der Waals surface area contributed by atoms with Gasteiger partial charge in [0.25, 0.3) is 0 Å². The van der Waals surface area contributed by atoms with Crippen LogP contribution in [-0.2, 0) is 6.42 Å². The van der Waals surface area contributed by atoms with Gasteiger partial charge in [0.2, 0.25) is 0 Å². The van der Waals surface area contributed by atoms with Crippen LogP contribution in [0.15, 0.2) is 30.3 Å². The Hall–Kier alpha value is -2.71. The topological polar surface area (TPSA) is 70.7 Å². The highest BCUT2D eigenvalue weighted by Gasteiger charge is 2.35. The Morgan fingerprint density at radius 1 is 1.06 bits per heavy atom. The van der Waals surface area contributed by atoms with E-state index in [4.69, 9.17) is 5.10 Å². The number of piperidine rings is 1. The van der Waals surface area contributed by atoms with Crippen LogP contribution in [0.25, 0.3) is 6.08 Å². The SMILES string of the molecule is N#C[C@H]1CCCC[C@@H]1n1nc(Cc2ccc(C3C[C@H]4CC[C@@H](C3)N4)cc2)c2c1C=CCC2=O. The molecule has 0 spiro atoms. The minimum atomic E-state index is -0.0272. The third-order valence-electron chi connectivity index (χ3n) is 8.38. The molecule has 5 atom stereocenters. The predicted octanol–water partition coefficient (Wildman–Crippen LogP) is 5.33. The minimum Gasteiger partial charge on any atom is -0.311 e. The Kier molecular flexibility index (Phi) is 5.42. The number of nitrogens with zero attached hydrogens (tertiary/aromatic N) is 3. The monoisotopic (exact) mass is 440 g/mol. The summed E-state index contributed by atoms with van der Waals surface area (Å²) in [6, 6.07) is 13.0. The van der Waals surface area contributed by atoms with E-state index in [0.717, 1.165) is 42.6 Å². The molecule has 33 heavy (non-hydrogen) atoms. The number of nitriles is 1. The maximum absolute atomic E-state index is 12.9. The number of fused-ring (bicyclic) bond motifs is 3. The van der Waals surface area contributed by atoms with E-state index in [1.807, 2.05) is 16.8 Å². The van der Waals surface area contributed by atoms with Crippen molar-refractivity contribution in [1.82, 2.24) is 15.1 Å². The van der Waals surface area contributed by atoms with E-state index in [0.29, 0.717) is 30.8 Å². The van der Waals surface area contributed by atoms with Gasteiger partial charge in [-0.2, -0.15) is 10.4 Å². The second-order valence-corrected chi connectivity index (χ2v) is 10.5. The van der Waals surface area contributed by atoms with Gasteiger partial charge < -0.3 is 5.32 Å². The van der Waals surface area contributed by atoms with Crippen LogP contribution in [-0.4, -0.2) is 27.6 Å². The molecule has 3 fully saturated rings. The first kappa shape index (κ1) is 20.9. The normalized spacial score (nSPS) is 30.8. The van der Waals surface area contributed by atoms with Crippen molar-refractivity contribution in [2.24, 2.45) is 5.92 Å². The number of rotatable bonds is 4. The number of carbonyl (C=O) groups is 1. The number of allylic oxidation sites excluding steroid dienone is 1. The molecule has 6 rings (SSSR count). The average molecular weight is 441 g/mol. The smallest absolute Gasteiger partial charge is 0.170 e. The largest absolute Gasteiger partial charge is 0.311 e. The van der Waals surface area contributed by atoms with Gasteiger partial charge in [0, 0.05) is 24.9 Å². The van der Waals surface area contributed by atoms with E-state index in [2.05, 4.69) is 35.7 Å². The number of ketones is 1. The molecule has 2 aromatic rings. The summed E-state index contributed by atoms with van der Waals surface area (Å²) in [7, 11) is 0. The second kappa shape index (κ2) is 8.57. The molecular formula is C28H32N4O.